The molecule has 0 aliphatic carbocycles. The van der Waals surface area contributed by atoms with E-state index in [0.717, 1.165) is 5.82 Å². The van der Waals surface area contributed by atoms with Gasteiger partial charge in [0.2, 0.25) is 0 Å². The third kappa shape index (κ3) is 4.49. The molecule has 0 bridgehead atoms. The maximum absolute atomic E-state index is 12.2. The van der Waals surface area contributed by atoms with Crippen molar-refractivity contribution >= 4 is 11.7 Å². The highest BCUT2D eigenvalue weighted by Crippen LogP contribution is 2.22. The van der Waals surface area contributed by atoms with Crippen LogP contribution in [0.5, 0.6) is 0 Å². The van der Waals surface area contributed by atoms with Crippen molar-refractivity contribution in [3.8, 4) is 0 Å². The normalized spacial score (nSPS) is 12.9. The number of carbonyl (C=O) groups excluding carboxylic acids is 1. The van der Waals surface area contributed by atoms with Gasteiger partial charge >= 0.3 is 0 Å². The number of nitrogens with one attached hydrogen (secondary N) is 1. The first-order valence-corrected chi connectivity index (χ1v) is 6.81. The Morgan fingerprint density at radius 2 is 2.05 bits per heavy atom. The summed E-state index contributed by atoms with van der Waals surface area (Å²) in [5, 5.41) is 12.1. The zero-order valence-electron chi connectivity index (χ0n) is 13.0. The Bertz CT molecular complexity index is 435. The number of nitrogens with zero attached hydrogens (tertiary/aromatic N) is 2. The van der Waals surface area contributed by atoms with Gasteiger partial charge in [0.1, 0.15) is 5.82 Å². The van der Waals surface area contributed by atoms with Gasteiger partial charge in [0.25, 0.3) is 5.91 Å². The van der Waals surface area contributed by atoms with E-state index in [1.54, 1.807) is 12.3 Å². The van der Waals surface area contributed by atoms with Gasteiger partial charge < -0.3 is 15.3 Å². The lowest BCUT2D eigenvalue weighted by Crippen LogP contribution is -2.44. The highest BCUT2D eigenvalue weighted by atomic mass is 16.3. The Morgan fingerprint density at radius 3 is 2.45 bits per heavy atom. The van der Waals surface area contributed by atoms with E-state index in [2.05, 4.69) is 10.3 Å². The van der Waals surface area contributed by atoms with Gasteiger partial charge in [-0.25, -0.2) is 4.98 Å². The van der Waals surface area contributed by atoms with Crippen LogP contribution in [0.2, 0.25) is 0 Å². The lowest BCUT2D eigenvalue weighted by atomic mass is 9.85. The molecule has 1 aromatic heterocycles. The molecule has 1 rings (SSSR count). The molecule has 1 heterocycles. The zero-order valence-corrected chi connectivity index (χ0v) is 13.0. The summed E-state index contributed by atoms with van der Waals surface area (Å²) >= 11 is 0. The minimum atomic E-state index is -0.156. The van der Waals surface area contributed by atoms with Crippen molar-refractivity contribution in [2.75, 3.05) is 25.6 Å². The molecule has 2 N–H and O–H groups in total. The molecular weight excluding hydrogens is 254 g/mol. The summed E-state index contributed by atoms with van der Waals surface area (Å²) < 4.78 is 0. The standard InChI is InChI=1S/C15H25N3O2/c1-15(2,3)12(8-9-19)17-14(20)11-6-7-13(16-10-11)18(4)5/h6-7,10,12,19H,8-9H2,1-5H3,(H,17,20). The van der Waals surface area contributed by atoms with E-state index in [1.165, 1.54) is 0 Å². The Balaban J connectivity index is 2.78. The van der Waals surface area contributed by atoms with Crippen LogP contribution in [0.25, 0.3) is 0 Å². The van der Waals surface area contributed by atoms with Gasteiger partial charge in [0.15, 0.2) is 0 Å². The molecule has 20 heavy (non-hydrogen) atoms. The fourth-order valence-electron chi connectivity index (χ4n) is 1.88. The number of aromatic nitrogens is 1. The fourth-order valence-corrected chi connectivity index (χ4v) is 1.88. The van der Waals surface area contributed by atoms with E-state index in [4.69, 9.17) is 5.11 Å². The SMILES string of the molecule is CN(C)c1ccc(C(=O)NC(CCO)C(C)(C)C)cn1. The van der Waals surface area contributed by atoms with Crippen molar-refractivity contribution in [3.63, 3.8) is 0 Å². The maximum atomic E-state index is 12.2. The molecule has 112 valence electrons. The highest BCUT2D eigenvalue weighted by Gasteiger charge is 2.26. The Labute approximate surface area is 121 Å². The van der Waals surface area contributed by atoms with Crippen LogP contribution in [0.15, 0.2) is 18.3 Å². The average Bonchev–Trinajstić information content (AvgIpc) is 2.37. The topological polar surface area (TPSA) is 65.5 Å². The molecule has 5 nitrogen and oxygen atoms in total. The molecule has 0 fully saturated rings. The predicted molar refractivity (Wildman–Crippen MR) is 81.0 cm³/mol. The number of hydrogen-bond donors (Lipinski definition) is 2. The number of aliphatic hydroxyl groups is 1. The van der Waals surface area contributed by atoms with Crippen LogP contribution in [0.1, 0.15) is 37.6 Å². The third-order valence-corrected chi connectivity index (χ3v) is 3.24. The van der Waals surface area contributed by atoms with Crippen LogP contribution in [0, 0.1) is 5.41 Å². The van der Waals surface area contributed by atoms with E-state index >= 15 is 0 Å². The maximum Gasteiger partial charge on any atom is 0.253 e. The fraction of sp³-hybridized carbons (Fsp3) is 0.600. The minimum absolute atomic E-state index is 0.0556. The van der Waals surface area contributed by atoms with E-state index < -0.39 is 0 Å². The molecule has 0 spiro atoms. The monoisotopic (exact) mass is 279 g/mol. The lowest BCUT2D eigenvalue weighted by Gasteiger charge is -2.31. The smallest absolute Gasteiger partial charge is 0.253 e. The zero-order chi connectivity index (χ0) is 15.3. The third-order valence-electron chi connectivity index (χ3n) is 3.24. The van der Waals surface area contributed by atoms with Crippen molar-refractivity contribution in [2.45, 2.75) is 33.2 Å². The van der Waals surface area contributed by atoms with Gasteiger partial charge in [0.05, 0.1) is 5.56 Å². The quantitative estimate of drug-likeness (QED) is 0.860. The molecule has 0 radical (unpaired) electrons. The molecule has 5 heteroatoms. The van der Waals surface area contributed by atoms with Crippen LogP contribution >= 0.6 is 0 Å². The van der Waals surface area contributed by atoms with E-state index in [-0.39, 0.29) is 24.0 Å². The van der Waals surface area contributed by atoms with Crippen molar-refractivity contribution < 1.29 is 9.90 Å². The number of rotatable bonds is 5. The second-order valence-electron chi connectivity index (χ2n) is 6.20. The van der Waals surface area contributed by atoms with Gasteiger partial charge in [-0.15, -0.1) is 0 Å². The van der Waals surface area contributed by atoms with Crippen LogP contribution in [-0.2, 0) is 0 Å². The van der Waals surface area contributed by atoms with Gasteiger partial charge in [0, 0.05) is 32.9 Å². The Morgan fingerprint density at radius 1 is 1.40 bits per heavy atom. The summed E-state index contributed by atoms with van der Waals surface area (Å²) in [5.41, 5.74) is 0.429. The van der Waals surface area contributed by atoms with E-state index in [1.807, 2.05) is 45.8 Å². The predicted octanol–water partition coefficient (Wildman–Crippen LogP) is 1.67. The molecule has 1 amide bonds. The summed E-state index contributed by atoms with van der Waals surface area (Å²) in [5.74, 6) is 0.653. The average molecular weight is 279 g/mol. The van der Waals surface area contributed by atoms with Crippen LogP contribution in [0.4, 0.5) is 5.82 Å². The van der Waals surface area contributed by atoms with Crippen molar-refractivity contribution in [1.29, 1.82) is 0 Å². The van der Waals surface area contributed by atoms with Gasteiger partial charge in [-0.2, -0.15) is 0 Å². The molecule has 0 saturated heterocycles. The summed E-state index contributed by atoms with van der Waals surface area (Å²) in [6.07, 6.45) is 2.11. The molecule has 1 unspecified atom stereocenters. The first-order chi connectivity index (χ1) is 9.25. The Hall–Kier alpha value is -1.62. The molecule has 1 aromatic rings. The molecule has 0 aliphatic heterocycles. The summed E-state index contributed by atoms with van der Waals surface area (Å²) in [6, 6.07) is 3.50. The van der Waals surface area contributed by atoms with Crippen LogP contribution < -0.4 is 10.2 Å². The van der Waals surface area contributed by atoms with E-state index in [9.17, 15) is 4.79 Å². The minimum Gasteiger partial charge on any atom is -0.396 e. The molecule has 0 aromatic carbocycles. The number of amides is 1. The second-order valence-corrected chi connectivity index (χ2v) is 6.20. The lowest BCUT2D eigenvalue weighted by molar-refractivity contribution is 0.0885. The number of anilines is 1. The molecule has 1 atom stereocenters. The largest absolute Gasteiger partial charge is 0.396 e. The molecular formula is C15H25N3O2. The first-order valence-electron chi connectivity index (χ1n) is 6.81. The van der Waals surface area contributed by atoms with Crippen molar-refractivity contribution in [3.05, 3.63) is 23.9 Å². The first kappa shape index (κ1) is 16.4. The van der Waals surface area contributed by atoms with Crippen molar-refractivity contribution in [2.24, 2.45) is 5.41 Å². The summed E-state index contributed by atoms with van der Waals surface area (Å²) in [7, 11) is 3.80. The highest BCUT2D eigenvalue weighted by molar-refractivity contribution is 5.94. The van der Waals surface area contributed by atoms with Gasteiger partial charge in [-0.1, -0.05) is 20.8 Å². The molecule has 0 aliphatic rings. The van der Waals surface area contributed by atoms with Crippen LogP contribution in [0.3, 0.4) is 0 Å². The van der Waals surface area contributed by atoms with Crippen molar-refractivity contribution in [1.82, 2.24) is 10.3 Å². The number of pyridine rings is 1. The van der Waals surface area contributed by atoms with E-state index in [0.29, 0.717) is 12.0 Å². The van der Waals surface area contributed by atoms with Gasteiger partial charge in [-0.05, 0) is 24.0 Å². The second kappa shape index (κ2) is 6.70. The number of carbonyl (C=O) groups is 1. The summed E-state index contributed by atoms with van der Waals surface area (Å²) in [4.78, 5) is 18.3. The summed E-state index contributed by atoms with van der Waals surface area (Å²) in [6.45, 7) is 6.18. The van der Waals surface area contributed by atoms with Crippen LogP contribution in [-0.4, -0.2) is 42.7 Å². The Kier molecular flexibility index (Phi) is 5.51. The number of hydrogen-bond acceptors (Lipinski definition) is 4. The van der Waals surface area contributed by atoms with Gasteiger partial charge in [-0.3, -0.25) is 4.79 Å². The number of aliphatic hydroxyl groups excluding tert-OH is 1. The molecule has 0 saturated carbocycles.